The van der Waals surface area contributed by atoms with Crippen molar-refractivity contribution in [3.05, 3.63) is 52.9 Å². The van der Waals surface area contributed by atoms with Gasteiger partial charge in [0.1, 0.15) is 5.75 Å². The van der Waals surface area contributed by atoms with Crippen LogP contribution in [-0.2, 0) is 0 Å². The van der Waals surface area contributed by atoms with E-state index in [1.807, 2.05) is 6.07 Å². The lowest BCUT2D eigenvalue weighted by Gasteiger charge is -2.05. The smallest absolute Gasteiger partial charge is 0.119 e. The third-order valence-electron chi connectivity index (χ3n) is 3.60. The van der Waals surface area contributed by atoms with E-state index >= 15 is 0 Å². The Kier molecular flexibility index (Phi) is 3.03. The molecule has 0 N–H and O–H groups in total. The second kappa shape index (κ2) is 4.71. The summed E-state index contributed by atoms with van der Waals surface area (Å²) in [6.45, 7) is 4.31. The van der Waals surface area contributed by atoms with Gasteiger partial charge in [-0.3, -0.25) is 0 Å². The van der Waals surface area contributed by atoms with Gasteiger partial charge >= 0.3 is 0 Å². The second-order valence-electron chi connectivity index (χ2n) is 4.81. The molecule has 1 nitrogen and oxygen atoms in total. The SMILES string of the molecule is COc1ccc2scc(-c3ccc(C)c(C)c3)c2c1. The maximum Gasteiger partial charge on any atom is 0.119 e. The quantitative estimate of drug-likeness (QED) is 0.621. The van der Waals surface area contributed by atoms with E-state index in [0.29, 0.717) is 0 Å². The van der Waals surface area contributed by atoms with Gasteiger partial charge in [0.05, 0.1) is 7.11 Å². The van der Waals surface area contributed by atoms with E-state index < -0.39 is 0 Å². The number of aryl methyl sites for hydroxylation is 2. The molecule has 0 bridgehead atoms. The first-order valence-electron chi connectivity index (χ1n) is 6.32. The van der Waals surface area contributed by atoms with E-state index in [1.54, 1.807) is 18.4 Å². The van der Waals surface area contributed by atoms with Gasteiger partial charge in [0.2, 0.25) is 0 Å². The molecule has 0 saturated carbocycles. The molecule has 0 atom stereocenters. The third-order valence-corrected chi connectivity index (χ3v) is 4.56. The molecule has 0 aliphatic heterocycles. The first kappa shape index (κ1) is 12.2. The molecule has 0 amide bonds. The number of thiophene rings is 1. The normalized spacial score (nSPS) is 10.9. The van der Waals surface area contributed by atoms with E-state index in [4.69, 9.17) is 4.74 Å². The van der Waals surface area contributed by atoms with Crippen LogP contribution in [0.15, 0.2) is 41.8 Å². The van der Waals surface area contributed by atoms with Gasteiger partial charge in [-0.2, -0.15) is 0 Å². The average molecular weight is 268 g/mol. The molecule has 0 aliphatic rings. The minimum atomic E-state index is 0.913. The van der Waals surface area contributed by atoms with Crippen LogP contribution in [0.1, 0.15) is 11.1 Å². The molecule has 2 aromatic carbocycles. The third kappa shape index (κ3) is 2.13. The topological polar surface area (TPSA) is 9.23 Å². The lowest BCUT2D eigenvalue weighted by Crippen LogP contribution is -1.84. The molecule has 96 valence electrons. The molecule has 1 heterocycles. The fourth-order valence-corrected chi connectivity index (χ4v) is 3.22. The Morgan fingerprint density at radius 1 is 0.947 bits per heavy atom. The Balaban J connectivity index is 2.21. The molecule has 19 heavy (non-hydrogen) atoms. The zero-order valence-corrected chi connectivity index (χ0v) is 12.2. The number of hydrogen-bond donors (Lipinski definition) is 0. The summed E-state index contributed by atoms with van der Waals surface area (Å²) in [5.74, 6) is 0.913. The van der Waals surface area contributed by atoms with Crippen molar-refractivity contribution in [3.63, 3.8) is 0 Å². The van der Waals surface area contributed by atoms with Crippen LogP contribution in [0.2, 0.25) is 0 Å². The standard InChI is InChI=1S/C17H16OS/c1-11-4-5-13(8-12(11)2)16-10-19-17-7-6-14(18-3)9-15(16)17/h4-10H,1-3H3. The van der Waals surface area contributed by atoms with Crippen LogP contribution in [0.4, 0.5) is 0 Å². The highest BCUT2D eigenvalue weighted by atomic mass is 32.1. The van der Waals surface area contributed by atoms with E-state index in [9.17, 15) is 0 Å². The minimum Gasteiger partial charge on any atom is -0.497 e. The Bertz CT molecular complexity index is 740. The summed E-state index contributed by atoms with van der Waals surface area (Å²) in [7, 11) is 1.71. The van der Waals surface area contributed by atoms with Crippen LogP contribution < -0.4 is 4.74 Å². The molecular formula is C17H16OS. The number of ether oxygens (including phenoxy) is 1. The predicted molar refractivity (Wildman–Crippen MR) is 83.3 cm³/mol. The van der Waals surface area contributed by atoms with Crippen molar-refractivity contribution >= 4 is 21.4 Å². The minimum absolute atomic E-state index is 0.913. The van der Waals surface area contributed by atoms with E-state index in [1.165, 1.54) is 32.3 Å². The first-order valence-corrected chi connectivity index (χ1v) is 7.20. The largest absolute Gasteiger partial charge is 0.497 e. The summed E-state index contributed by atoms with van der Waals surface area (Å²) in [6.07, 6.45) is 0. The maximum absolute atomic E-state index is 5.33. The molecule has 2 heteroatoms. The Hall–Kier alpha value is -1.80. The van der Waals surface area contributed by atoms with E-state index in [-0.39, 0.29) is 0 Å². The van der Waals surface area contributed by atoms with Crippen molar-refractivity contribution in [2.45, 2.75) is 13.8 Å². The van der Waals surface area contributed by atoms with Gasteiger partial charge in [-0.25, -0.2) is 0 Å². The molecule has 0 unspecified atom stereocenters. The Labute approximate surface area is 117 Å². The molecule has 3 aromatic rings. The lowest BCUT2D eigenvalue weighted by molar-refractivity contribution is 0.415. The van der Waals surface area contributed by atoms with Gasteiger partial charge < -0.3 is 4.74 Å². The lowest BCUT2D eigenvalue weighted by atomic mass is 10.00. The summed E-state index contributed by atoms with van der Waals surface area (Å²) in [5.41, 5.74) is 5.24. The fraction of sp³-hybridized carbons (Fsp3) is 0.176. The number of fused-ring (bicyclic) bond motifs is 1. The zero-order valence-electron chi connectivity index (χ0n) is 11.4. The van der Waals surface area contributed by atoms with Crippen LogP contribution >= 0.6 is 11.3 Å². The van der Waals surface area contributed by atoms with Crippen LogP contribution in [-0.4, -0.2) is 7.11 Å². The zero-order chi connectivity index (χ0) is 13.4. The average Bonchev–Trinajstić information content (AvgIpc) is 2.84. The van der Waals surface area contributed by atoms with Gasteiger partial charge in [-0.15, -0.1) is 11.3 Å². The molecular weight excluding hydrogens is 252 g/mol. The van der Waals surface area contributed by atoms with Crippen LogP contribution in [0.25, 0.3) is 21.2 Å². The summed E-state index contributed by atoms with van der Waals surface area (Å²) < 4.78 is 6.63. The van der Waals surface area contributed by atoms with Gasteiger partial charge in [-0.1, -0.05) is 18.2 Å². The Morgan fingerprint density at radius 2 is 1.79 bits per heavy atom. The predicted octanol–water partition coefficient (Wildman–Crippen LogP) is 5.19. The van der Waals surface area contributed by atoms with Crippen molar-refractivity contribution in [1.82, 2.24) is 0 Å². The van der Waals surface area contributed by atoms with Gasteiger partial charge in [0, 0.05) is 15.6 Å². The van der Waals surface area contributed by atoms with Gasteiger partial charge in [-0.05, 0) is 54.1 Å². The summed E-state index contributed by atoms with van der Waals surface area (Å²) >= 11 is 1.78. The van der Waals surface area contributed by atoms with Crippen molar-refractivity contribution in [3.8, 4) is 16.9 Å². The highest BCUT2D eigenvalue weighted by Gasteiger charge is 2.08. The van der Waals surface area contributed by atoms with Crippen LogP contribution in [0, 0.1) is 13.8 Å². The van der Waals surface area contributed by atoms with Crippen molar-refractivity contribution in [1.29, 1.82) is 0 Å². The van der Waals surface area contributed by atoms with Crippen molar-refractivity contribution in [2.24, 2.45) is 0 Å². The highest BCUT2D eigenvalue weighted by molar-refractivity contribution is 7.17. The number of rotatable bonds is 2. The van der Waals surface area contributed by atoms with E-state index in [2.05, 4.69) is 49.6 Å². The summed E-state index contributed by atoms with van der Waals surface area (Å²) in [6, 6.07) is 12.9. The van der Waals surface area contributed by atoms with Crippen molar-refractivity contribution < 1.29 is 4.74 Å². The molecule has 3 rings (SSSR count). The molecule has 1 aromatic heterocycles. The molecule has 0 radical (unpaired) electrons. The first-order chi connectivity index (χ1) is 9.19. The maximum atomic E-state index is 5.33. The van der Waals surface area contributed by atoms with Crippen LogP contribution in [0.5, 0.6) is 5.75 Å². The molecule has 0 spiro atoms. The number of hydrogen-bond acceptors (Lipinski definition) is 2. The molecule has 0 aliphatic carbocycles. The number of benzene rings is 2. The summed E-state index contributed by atoms with van der Waals surface area (Å²) in [4.78, 5) is 0. The Morgan fingerprint density at radius 3 is 2.53 bits per heavy atom. The van der Waals surface area contributed by atoms with Crippen LogP contribution in [0.3, 0.4) is 0 Å². The monoisotopic (exact) mass is 268 g/mol. The van der Waals surface area contributed by atoms with Gasteiger partial charge in [0.15, 0.2) is 0 Å². The number of methoxy groups -OCH3 is 1. The highest BCUT2D eigenvalue weighted by Crippen LogP contribution is 2.36. The van der Waals surface area contributed by atoms with E-state index in [0.717, 1.165) is 5.75 Å². The van der Waals surface area contributed by atoms with Gasteiger partial charge in [0.25, 0.3) is 0 Å². The fourth-order valence-electron chi connectivity index (χ4n) is 2.27. The molecule has 0 saturated heterocycles. The summed E-state index contributed by atoms with van der Waals surface area (Å²) in [5, 5.41) is 3.50. The van der Waals surface area contributed by atoms with Crippen molar-refractivity contribution in [2.75, 3.05) is 7.11 Å². The second-order valence-corrected chi connectivity index (χ2v) is 5.72. The molecule has 0 fully saturated rings.